The van der Waals surface area contributed by atoms with Crippen LogP contribution in [0.5, 0.6) is 5.75 Å². The quantitative estimate of drug-likeness (QED) is 0.660. The van der Waals surface area contributed by atoms with Crippen molar-refractivity contribution in [3.05, 3.63) is 58.9 Å². The van der Waals surface area contributed by atoms with Gasteiger partial charge in [0, 0.05) is 36.7 Å². The molecule has 172 valence electrons. The van der Waals surface area contributed by atoms with Crippen molar-refractivity contribution in [1.29, 1.82) is 0 Å². The van der Waals surface area contributed by atoms with E-state index in [4.69, 9.17) is 22.1 Å². The lowest BCUT2D eigenvalue weighted by molar-refractivity contribution is -0.139. The molecule has 1 heterocycles. The van der Waals surface area contributed by atoms with Crippen molar-refractivity contribution < 1.29 is 18.7 Å². The number of piperazine rings is 1. The molecule has 0 bridgehead atoms. The SMILES string of the molecule is C[C@@H]1CN(Cc2ccc(F)cc2)[C@@H](C)CN1C(=O)COc1ccc(Cl)cc1NC(=O)CN. The molecule has 0 aromatic heterocycles. The summed E-state index contributed by atoms with van der Waals surface area (Å²) in [4.78, 5) is 28.6. The topological polar surface area (TPSA) is 87.9 Å². The highest BCUT2D eigenvalue weighted by atomic mass is 35.5. The zero-order valence-corrected chi connectivity index (χ0v) is 18.9. The highest BCUT2D eigenvalue weighted by Crippen LogP contribution is 2.28. The Morgan fingerprint density at radius 1 is 1.16 bits per heavy atom. The number of halogens is 2. The number of nitrogens with zero attached hydrogens (tertiary/aromatic N) is 2. The van der Waals surface area contributed by atoms with Crippen LogP contribution >= 0.6 is 11.6 Å². The third-order valence-electron chi connectivity index (χ3n) is 5.49. The van der Waals surface area contributed by atoms with Gasteiger partial charge >= 0.3 is 0 Å². The van der Waals surface area contributed by atoms with E-state index in [0.29, 0.717) is 36.1 Å². The van der Waals surface area contributed by atoms with Crippen LogP contribution in [0.15, 0.2) is 42.5 Å². The van der Waals surface area contributed by atoms with Gasteiger partial charge in [-0.3, -0.25) is 14.5 Å². The predicted octanol–water partition coefficient (Wildman–Crippen LogP) is 2.88. The molecular weight excluding hydrogens is 435 g/mol. The minimum atomic E-state index is -0.386. The minimum Gasteiger partial charge on any atom is -0.482 e. The van der Waals surface area contributed by atoms with Crippen molar-refractivity contribution in [1.82, 2.24) is 9.80 Å². The molecule has 1 saturated heterocycles. The maximum atomic E-state index is 13.2. The van der Waals surface area contributed by atoms with Gasteiger partial charge < -0.3 is 20.7 Å². The average Bonchev–Trinajstić information content (AvgIpc) is 2.76. The van der Waals surface area contributed by atoms with Crippen LogP contribution < -0.4 is 15.8 Å². The van der Waals surface area contributed by atoms with E-state index in [2.05, 4.69) is 17.1 Å². The molecule has 0 radical (unpaired) electrons. The van der Waals surface area contributed by atoms with Crippen LogP contribution in [-0.2, 0) is 16.1 Å². The maximum Gasteiger partial charge on any atom is 0.260 e. The van der Waals surface area contributed by atoms with Crippen LogP contribution in [0.3, 0.4) is 0 Å². The van der Waals surface area contributed by atoms with Gasteiger partial charge in [-0.15, -0.1) is 0 Å². The summed E-state index contributed by atoms with van der Waals surface area (Å²) in [5.74, 6) is -0.433. The molecule has 0 unspecified atom stereocenters. The predicted molar refractivity (Wildman–Crippen MR) is 122 cm³/mol. The molecule has 32 heavy (non-hydrogen) atoms. The second-order valence-corrected chi connectivity index (χ2v) is 8.42. The fraction of sp³-hybridized carbons (Fsp3) is 0.391. The largest absolute Gasteiger partial charge is 0.482 e. The van der Waals surface area contributed by atoms with Crippen LogP contribution in [0.4, 0.5) is 10.1 Å². The number of nitrogens with one attached hydrogen (secondary N) is 1. The number of hydrogen-bond acceptors (Lipinski definition) is 5. The van der Waals surface area contributed by atoms with Crippen molar-refractivity contribution >= 4 is 29.1 Å². The molecule has 3 N–H and O–H groups in total. The first kappa shape index (κ1) is 24.0. The first-order valence-corrected chi connectivity index (χ1v) is 10.8. The Morgan fingerprint density at radius 2 is 1.88 bits per heavy atom. The van der Waals surface area contributed by atoms with E-state index in [9.17, 15) is 14.0 Å². The summed E-state index contributed by atoms with van der Waals surface area (Å²) in [5, 5.41) is 3.05. The third-order valence-corrected chi connectivity index (χ3v) is 5.72. The summed E-state index contributed by atoms with van der Waals surface area (Å²) in [6.07, 6.45) is 0. The van der Waals surface area contributed by atoms with Crippen LogP contribution in [0.1, 0.15) is 19.4 Å². The first-order chi connectivity index (χ1) is 15.3. The van der Waals surface area contributed by atoms with Gasteiger partial charge in [0.25, 0.3) is 5.91 Å². The molecule has 2 amide bonds. The molecule has 2 aromatic carbocycles. The summed E-state index contributed by atoms with van der Waals surface area (Å²) in [6.45, 7) is 5.67. The molecule has 7 nitrogen and oxygen atoms in total. The van der Waals surface area contributed by atoms with Gasteiger partial charge in [-0.05, 0) is 49.7 Å². The van der Waals surface area contributed by atoms with Crippen molar-refractivity contribution in [2.75, 3.05) is 31.6 Å². The Hall–Kier alpha value is -2.68. The fourth-order valence-corrected chi connectivity index (χ4v) is 3.91. The number of benzene rings is 2. The Balaban J connectivity index is 1.59. The number of nitrogens with two attached hydrogens (primary N) is 1. The van der Waals surface area contributed by atoms with Crippen molar-refractivity contribution in [3.8, 4) is 5.75 Å². The molecule has 2 atom stereocenters. The Labute approximate surface area is 192 Å². The third kappa shape index (κ3) is 6.18. The molecule has 3 rings (SSSR count). The van der Waals surface area contributed by atoms with E-state index in [1.165, 1.54) is 12.1 Å². The number of carbonyl (C=O) groups excluding carboxylic acids is 2. The van der Waals surface area contributed by atoms with E-state index in [-0.39, 0.29) is 42.9 Å². The van der Waals surface area contributed by atoms with E-state index in [1.54, 1.807) is 35.2 Å². The van der Waals surface area contributed by atoms with Gasteiger partial charge in [-0.25, -0.2) is 4.39 Å². The number of carbonyl (C=O) groups is 2. The van der Waals surface area contributed by atoms with Gasteiger partial charge in [0.2, 0.25) is 5.91 Å². The lowest BCUT2D eigenvalue weighted by atomic mass is 10.1. The molecule has 1 aliphatic rings. The van der Waals surface area contributed by atoms with Gasteiger partial charge in [-0.2, -0.15) is 0 Å². The van der Waals surface area contributed by atoms with Gasteiger partial charge in [0.1, 0.15) is 11.6 Å². The molecule has 0 aliphatic carbocycles. The molecule has 2 aromatic rings. The normalized spacial score (nSPS) is 19.0. The average molecular weight is 463 g/mol. The van der Waals surface area contributed by atoms with Gasteiger partial charge in [0.05, 0.1) is 12.2 Å². The lowest BCUT2D eigenvalue weighted by Gasteiger charge is -2.44. The summed E-state index contributed by atoms with van der Waals surface area (Å²) in [5.41, 5.74) is 6.75. The van der Waals surface area contributed by atoms with Crippen molar-refractivity contribution in [3.63, 3.8) is 0 Å². The van der Waals surface area contributed by atoms with Gasteiger partial charge in [0.15, 0.2) is 6.61 Å². The van der Waals surface area contributed by atoms with Crippen LogP contribution in [0, 0.1) is 5.82 Å². The second-order valence-electron chi connectivity index (χ2n) is 7.98. The van der Waals surface area contributed by atoms with E-state index in [0.717, 1.165) is 5.56 Å². The smallest absolute Gasteiger partial charge is 0.260 e. The summed E-state index contributed by atoms with van der Waals surface area (Å²) in [6, 6.07) is 11.4. The van der Waals surface area contributed by atoms with Gasteiger partial charge in [-0.1, -0.05) is 23.7 Å². The number of hydrogen-bond donors (Lipinski definition) is 2. The second kappa shape index (κ2) is 10.8. The summed E-state index contributed by atoms with van der Waals surface area (Å²) < 4.78 is 18.9. The zero-order chi connectivity index (χ0) is 23.3. The summed E-state index contributed by atoms with van der Waals surface area (Å²) in [7, 11) is 0. The minimum absolute atomic E-state index is 0.00983. The van der Waals surface area contributed by atoms with Crippen LogP contribution in [0.25, 0.3) is 0 Å². The maximum absolute atomic E-state index is 13.2. The monoisotopic (exact) mass is 462 g/mol. The highest BCUT2D eigenvalue weighted by Gasteiger charge is 2.32. The van der Waals surface area contributed by atoms with Crippen LogP contribution in [0.2, 0.25) is 5.02 Å². The molecule has 9 heteroatoms. The van der Waals surface area contributed by atoms with Crippen LogP contribution in [-0.4, -0.2) is 59.9 Å². The standard InChI is InChI=1S/C23H28ClFN4O3/c1-15-12-29(16(2)11-28(15)13-17-3-6-19(25)7-4-17)23(31)14-32-21-8-5-18(24)9-20(21)27-22(30)10-26/h3-9,15-16H,10-14,26H2,1-2H3,(H,27,30)/t15-,16+/m0/s1. The fourth-order valence-electron chi connectivity index (χ4n) is 3.74. The lowest BCUT2D eigenvalue weighted by Crippen LogP contribution is -2.58. The molecule has 1 fully saturated rings. The molecule has 0 saturated carbocycles. The Bertz CT molecular complexity index is 957. The highest BCUT2D eigenvalue weighted by molar-refractivity contribution is 6.31. The molecule has 0 spiro atoms. The van der Waals surface area contributed by atoms with E-state index < -0.39 is 0 Å². The number of rotatable bonds is 7. The number of amides is 2. The zero-order valence-electron chi connectivity index (χ0n) is 18.2. The van der Waals surface area contributed by atoms with Crippen molar-refractivity contribution in [2.45, 2.75) is 32.5 Å². The Kier molecular flexibility index (Phi) is 8.06. The van der Waals surface area contributed by atoms with E-state index in [1.807, 2.05) is 6.92 Å². The summed E-state index contributed by atoms with van der Waals surface area (Å²) >= 11 is 6.01. The molecule has 1 aliphatic heterocycles. The molecular formula is C23H28ClFN4O3. The first-order valence-electron chi connectivity index (χ1n) is 10.5. The number of anilines is 1. The van der Waals surface area contributed by atoms with E-state index >= 15 is 0 Å². The Morgan fingerprint density at radius 3 is 2.56 bits per heavy atom. The van der Waals surface area contributed by atoms with Crippen molar-refractivity contribution in [2.24, 2.45) is 5.73 Å². The number of ether oxygens (including phenoxy) is 1.